The topological polar surface area (TPSA) is 189 Å². The van der Waals surface area contributed by atoms with Crippen LogP contribution in [0.5, 0.6) is 5.88 Å². The second-order valence-corrected chi connectivity index (χ2v) is 13.4. The molecule has 1 unspecified atom stereocenters. The maximum Gasteiger partial charge on any atom is 0.262 e. The van der Waals surface area contributed by atoms with Crippen LogP contribution in [0.1, 0.15) is 68.7 Å². The highest BCUT2D eigenvalue weighted by Gasteiger charge is 2.45. The first kappa shape index (κ1) is 37.4. The van der Waals surface area contributed by atoms with Crippen LogP contribution in [-0.4, -0.2) is 76.6 Å². The zero-order valence-corrected chi connectivity index (χ0v) is 30.6. The van der Waals surface area contributed by atoms with E-state index in [-0.39, 0.29) is 48.6 Å². The summed E-state index contributed by atoms with van der Waals surface area (Å²) in [5.41, 5.74) is 5.35. The molecule has 2 aromatic heterocycles. The van der Waals surface area contributed by atoms with Gasteiger partial charge in [0, 0.05) is 61.5 Å². The van der Waals surface area contributed by atoms with Crippen molar-refractivity contribution in [3.8, 4) is 17.0 Å². The smallest absolute Gasteiger partial charge is 0.262 e. The summed E-state index contributed by atoms with van der Waals surface area (Å²) in [6.45, 7) is 0.832. The van der Waals surface area contributed by atoms with Crippen molar-refractivity contribution >= 4 is 57.7 Å². The molecule has 2 aliphatic heterocycles. The number of nitrogens with one attached hydrogen (secondary N) is 4. The molecular weight excluding hydrogens is 715 g/mol. The van der Waals surface area contributed by atoms with E-state index in [0.717, 1.165) is 32.6 Å². The number of hydrogen-bond acceptors (Lipinski definition) is 10. The molecule has 6 amide bonds. The summed E-state index contributed by atoms with van der Waals surface area (Å²) in [6, 6.07) is 23.0. The lowest BCUT2D eigenvalue weighted by Gasteiger charge is -2.27. The van der Waals surface area contributed by atoms with E-state index in [0.29, 0.717) is 48.7 Å². The number of hydrogen-bond donors (Lipinski definition) is 4. The van der Waals surface area contributed by atoms with Crippen molar-refractivity contribution in [1.29, 1.82) is 0 Å². The summed E-state index contributed by atoms with van der Waals surface area (Å²) in [7, 11) is 1.59. The Kier molecular flexibility index (Phi) is 11.1. The Morgan fingerprint density at radius 1 is 0.893 bits per heavy atom. The molecule has 1 fully saturated rings. The van der Waals surface area contributed by atoms with Gasteiger partial charge in [0.15, 0.2) is 0 Å². The molecule has 2 aliphatic rings. The Balaban J connectivity index is 0.884. The number of ether oxygens (including phenoxy) is 1. The number of rotatable bonds is 14. The molecule has 284 valence electrons. The minimum Gasteiger partial charge on any atom is -0.478 e. The fraction of sp³-hybridized carbons (Fsp3) is 0.238. The van der Waals surface area contributed by atoms with Gasteiger partial charge in [-0.1, -0.05) is 36.4 Å². The van der Waals surface area contributed by atoms with Crippen molar-refractivity contribution < 1.29 is 33.5 Å². The van der Waals surface area contributed by atoms with E-state index in [9.17, 15) is 28.8 Å². The van der Waals surface area contributed by atoms with E-state index in [1.54, 1.807) is 37.6 Å². The molecule has 7 rings (SSSR count). The Morgan fingerprint density at radius 3 is 2.48 bits per heavy atom. The van der Waals surface area contributed by atoms with Crippen LogP contribution in [0, 0.1) is 0 Å². The van der Waals surface area contributed by atoms with Crippen LogP contribution in [-0.2, 0) is 20.8 Å². The van der Waals surface area contributed by atoms with Gasteiger partial charge in [0.05, 0.1) is 34.5 Å². The summed E-state index contributed by atoms with van der Waals surface area (Å²) >= 11 is 0. The maximum atomic E-state index is 13.3. The zero-order valence-electron chi connectivity index (χ0n) is 30.6. The number of anilines is 2. The molecule has 0 spiro atoms. The van der Waals surface area contributed by atoms with Crippen LogP contribution in [0.4, 0.5) is 11.4 Å². The number of fused-ring (bicyclic) bond motifs is 2. The highest BCUT2D eigenvalue weighted by atomic mass is 16.5. The summed E-state index contributed by atoms with van der Waals surface area (Å²) in [4.78, 5) is 85.7. The minimum absolute atomic E-state index is 0.0399. The Bertz CT molecular complexity index is 2350. The summed E-state index contributed by atoms with van der Waals surface area (Å²) in [6.07, 6.45) is 5.10. The lowest BCUT2D eigenvalue weighted by atomic mass is 9.99. The Labute approximate surface area is 322 Å². The van der Waals surface area contributed by atoms with Gasteiger partial charge < -0.3 is 20.7 Å². The molecule has 1 saturated heterocycles. The van der Waals surface area contributed by atoms with Crippen molar-refractivity contribution in [2.24, 2.45) is 0 Å². The number of carbonyl (C=O) groups excluding carboxylic acids is 6. The Morgan fingerprint density at radius 2 is 1.71 bits per heavy atom. The van der Waals surface area contributed by atoms with Crippen LogP contribution >= 0.6 is 0 Å². The van der Waals surface area contributed by atoms with Crippen molar-refractivity contribution in [1.82, 2.24) is 30.8 Å². The second kappa shape index (κ2) is 16.6. The van der Waals surface area contributed by atoms with Crippen molar-refractivity contribution in [2.75, 3.05) is 25.5 Å². The molecule has 0 radical (unpaired) electrons. The van der Waals surface area contributed by atoms with Crippen LogP contribution in [0.2, 0.25) is 0 Å². The Hall–Kier alpha value is -6.96. The number of para-hydroxylation sites is 1. The minimum atomic E-state index is -1.05. The first-order valence-corrected chi connectivity index (χ1v) is 18.4. The van der Waals surface area contributed by atoms with Crippen molar-refractivity contribution in [2.45, 2.75) is 44.6 Å². The van der Waals surface area contributed by atoms with Gasteiger partial charge >= 0.3 is 0 Å². The van der Waals surface area contributed by atoms with E-state index in [2.05, 4.69) is 31.2 Å². The number of unbranched alkanes of at least 4 members (excludes halogenated alkanes) is 1. The van der Waals surface area contributed by atoms with Crippen LogP contribution in [0.25, 0.3) is 22.0 Å². The van der Waals surface area contributed by atoms with Crippen molar-refractivity contribution in [3.05, 3.63) is 114 Å². The molecule has 1 atom stereocenters. The lowest BCUT2D eigenvalue weighted by molar-refractivity contribution is -0.136. The molecule has 56 heavy (non-hydrogen) atoms. The van der Waals surface area contributed by atoms with Crippen LogP contribution in [0.3, 0.4) is 0 Å². The first-order chi connectivity index (χ1) is 27.2. The third-order valence-electron chi connectivity index (χ3n) is 9.77. The fourth-order valence-electron chi connectivity index (χ4n) is 6.88. The third kappa shape index (κ3) is 7.94. The number of imide groups is 2. The quantitative estimate of drug-likeness (QED) is 0.0914. The third-order valence-corrected chi connectivity index (χ3v) is 9.77. The average molecular weight is 754 g/mol. The van der Waals surface area contributed by atoms with Gasteiger partial charge in [0.2, 0.25) is 23.6 Å². The monoisotopic (exact) mass is 753 g/mol. The maximum absolute atomic E-state index is 13.3. The predicted molar refractivity (Wildman–Crippen MR) is 207 cm³/mol. The number of benzene rings is 3. The van der Waals surface area contributed by atoms with Crippen molar-refractivity contribution in [3.63, 3.8) is 0 Å². The van der Waals surface area contributed by atoms with Gasteiger partial charge in [-0.15, -0.1) is 0 Å². The molecule has 3 aromatic carbocycles. The number of carbonyl (C=O) groups is 6. The first-order valence-electron chi connectivity index (χ1n) is 18.4. The number of nitrogens with zero attached hydrogens (tertiary/aromatic N) is 3. The molecule has 14 heteroatoms. The molecule has 0 bridgehead atoms. The van der Waals surface area contributed by atoms with Gasteiger partial charge in [-0.2, -0.15) is 0 Å². The molecule has 5 aromatic rings. The summed E-state index contributed by atoms with van der Waals surface area (Å²) < 4.78 is 5.85. The van der Waals surface area contributed by atoms with Gasteiger partial charge in [-0.25, -0.2) is 4.98 Å². The highest BCUT2D eigenvalue weighted by molar-refractivity contribution is 6.24. The second-order valence-electron chi connectivity index (χ2n) is 13.4. The number of pyridine rings is 2. The molecule has 4 N–H and O–H groups in total. The van der Waals surface area contributed by atoms with Crippen LogP contribution in [0.15, 0.2) is 91.3 Å². The zero-order chi connectivity index (χ0) is 39.2. The highest BCUT2D eigenvalue weighted by Crippen LogP contribution is 2.33. The molecule has 4 heterocycles. The predicted octanol–water partition coefficient (Wildman–Crippen LogP) is 4.71. The van der Waals surface area contributed by atoms with Gasteiger partial charge in [-0.05, 0) is 73.2 Å². The van der Waals surface area contributed by atoms with Gasteiger partial charge in [0.25, 0.3) is 17.7 Å². The standard InChI is InChI=1S/C42H39N7O7/c1-43-39(52)31-24-45-32-15-12-26(22-30(32)38(31)47-28-9-3-2-4-10-28)27-14-19-36(46-23-27)56-21-6-5-20-44-34(50)17-13-25-8-7-11-29-37(25)42(55)49(41(29)54)33-16-18-35(51)48-40(33)53/h2-4,7-12,14-15,19,22-24,33H,5-6,13,16-18,20-21H2,1H3,(H,43,52)(H,44,50)(H,45,47)(H,48,51,53). The SMILES string of the molecule is CNC(=O)c1cnc2ccc(-c3ccc(OCCCCNC(=O)CCc4cccc5c4C(=O)N(C4CCC(=O)NC4=O)C5=O)nc3)cc2c1Nc1ccccc1. The van der Waals surface area contributed by atoms with Crippen LogP contribution < -0.4 is 26.0 Å². The largest absolute Gasteiger partial charge is 0.478 e. The van der Waals surface area contributed by atoms with Gasteiger partial charge in [-0.3, -0.25) is 44.0 Å². The van der Waals surface area contributed by atoms with E-state index in [4.69, 9.17) is 4.74 Å². The van der Waals surface area contributed by atoms with E-state index < -0.39 is 29.7 Å². The summed E-state index contributed by atoms with van der Waals surface area (Å²) in [5, 5.41) is 12.0. The molecule has 14 nitrogen and oxygen atoms in total. The van der Waals surface area contributed by atoms with E-state index in [1.807, 2.05) is 54.6 Å². The fourth-order valence-corrected chi connectivity index (χ4v) is 6.88. The van der Waals surface area contributed by atoms with Gasteiger partial charge in [0.1, 0.15) is 6.04 Å². The molecule has 0 aliphatic carbocycles. The average Bonchev–Trinajstić information content (AvgIpc) is 3.47. The summed E-state index contributed by atoms with van der Waals surface area (Å²) in [5.74, 6) is -2.25. The lowest BCUT2D eigenvalue weighted by Crippen LogP contribution is -2.54. The van der Waals surface area contributed by atoms with E-state index in [1.165, 1.54) is 6.07 Å². The number of aromatic nitrogens is 2. The number of piperidine rings is 1. The number of aryl methyl sites for hydroxylation is 1. The molecule has 0 saturated carbocycles. The normalized spacial score (nSPS) is 15.0. The number of amides is 6. The molecular formula is C42H39N7O7. The van der Waals surface area contributed by atoms with E-state index >= 15 is 0 Å².